The van der Waals surface area contributed by atoms with Crippen LogP contribution in [0.5, 0.6) is 5.75 Å². The maximum atomic E-state index is 12.3. The third-order valence-electron chi connectivity index (χ3n) is 4.64. The van der Waals surface area contributed by atoms with Crippen molar-refractivity contribution in [3.8, 4) is 5.75 Å². The summed E-state index contributed by atoms with van der Waals surface area (Å²) in [4.78, 5) is 24.3. The summed E-state index contributed by atoms with van der Waals surface area (Å²) in [6.07, 6.45) is 1.41. The molecule has 148 valence electrons. The van der Waals surface area contributed by atoms with E-state index in [0.29, 0.717) is 24.1 Å². The number of esters is 2. The number of carbonyl (C=O) groups is 2. The number of hydrogen-bond acceptors (Lipinski definition) is 8. The highest BCUT2D eigenvalue weighted by Gasteiger charge is 2.41. The van der Waals surface area contributed by atoms with E-state index >= 15 is 0 Å². The summed E-state index contributed by atoms with van der Waals surface area (Å²) in [5.74, 6) is -1.65. The Balaban J connectivity index is 1.81. The first-order chi connectivity index (χ1) is 13.0. The average Bonchev–Trinajstić information content (AvgIpc) is 3.12. The quantitative estimate of drug-likeness (QED) is 0.689. The van der Waals surface area contributed by atoms with Gasteiger partial charge in [-0.1, -0.05) is 0 Å². The molecule has 0 aliphatic carbocycles. The highest BCUT2D eigenvalue weighted by molar-refractivity contribution is 9.10. The van der Waals surface area contributed by atoms with Crippen LogP contribution < -0.4 is 10.1 Å². The second-order valence-electron chi connectivity index (χ2n) is 6.31. The molecule has 0 unspecified atom stereocenters. The molecule has 8 nitrogen and oxygen atoms in total. The van der Waals surface area contributed by atoms with E-state index in [1.807, 2.05) is 0 Å². The van der Waals surface area contributed by atoms with Crippen molar-refractivity contribution in [3.63, 3.8) is 0 Å². The predicted molar refractivity (Wildman–Crippen MR) is 98.0 cm³/mol. The van der Waals surface area contributed by atoms with Gasteiger partial charge in [0.15, 0.2) is 5.79 Å². The first-order valence-corrected chi connectivity index (χ1v) is 9.42. The number of piperidine rings is 1. The van der Waals surface area contributed by atoms with Gasteiger partial charge in [0.25, 0.3) is 0 Å². The van der Waals surface area contributed by atoms with E-state index < -0.39 is 17.7 Å². The van der Waals surface area contributed by atoms with Crippen LogP contribution in [-0.4, -0.2) is 64.4 Å². The minimum absolute atomic E-state index is 0.0256. The summed E-state index contributed by atoms with van der Waals surface area (Å²) in [5.41, 5.74) is 0.107. The molecule has 1 atom stereocenters. The van der Waals surface area contributed by atoms with Gasteiger partial charge in [-0.3, -0.25) is 0 Å². The lowest BCUT2D eigenvalue weighted by Crippen LogP contribution is -2.51. The molecule has 0 aromatic heterocycles. The molecule has 1 aromatic rings. The molecule has 0 amide bonds. The van der Waals surface area contributed by atoms with Crippen molar-refractivity contribution in [2.45, 2.75) is 24.7 Å². The number of methoxy groups -OCH3 is 2. The number of ether oxygens (including phenoxy) is 5. The maximum Gasteiger partial charge on any atom is 0.342 e. The molecule has 3 rings (SSSR count). The molecule has 1 N–H and O–H groups in total. The molecular formula is C18H22BrNO7. The monoisotopic (exact) mass is 443 g/mol. The second-order valence-corrected chi connectivity index (χ2v) is 7.16. The lowest BCUT2D eigenvalue weighted by Gasteiger charge is -2.36. The van der Waals surface area contributed by atoms with Crippen molar-refractivity contribution in [2.24, 2.45) is 0 Å². The first kappa shape index (κ1) is 20.1. The number of nitrogens with one attached hydrogen (secondary N) is 1. The summed E-state index contributed by atoms with van der Waals surface area (Å²) in [7, 11) is 2.49. The van der Waals surface area contributed by atoms with Crippen LogP contribution in [0.2, 0.25) is 0 Å². The molecule has 27 heavy (non-hydrogen) atoms. The van der Waals surface area contributed by atoms with Crippen LogP contribution in [-0.2, 0) is 18.9 Å². The van der Waals surface area contributed by atoms with Gasteiger partial charge in [0.05, 0.1) is 37.5 Å². The summed E-state index contributed by atoms with van der Waals surface area (Å²) >= 11 is 3.38. The molecule has 0 bridgehead atoms. The molecule has 2 saturated heterocycles. The third-order valence-corrected chi connectivity index (χ3v) is 5.27. The van der Waals surface area contributed by atoms with E-state index in [4.69, 9.17) is 23.7 Å². The van der Waals surface area contributed by atoms with Gasteiger partial charge in [-0.25, -0.2) is 9.59 Å². The fourth-order valence-corrected chi connectivity index (χ4v) is 3.81. The van der Waals surface area contributed by atoms with Crippen LogP contribution in [0, 0.1) is 0 Å². The van der Waals surface area contributed by atoms with Gasteiger partial charge in [-0.05, 0) is 28.1 Å². The number of rotatable bonds is 5. The SMILES string of the molecule is COC(=O)c1ccc(Br)c(OC[C@H]2CC3(CCN2)OCCO3)c1C(=O)OC. The van der Waals surface area contributed by atoms with E-state index in [2.05, 4.69) is 21.2 Å². The van der Waals surface area contributed by atoms with Crippen molar-refractivity contribution in [3.05, 3.63) is 27.7 Å². The van der Waals surface area contributed by atoms with Crippen molar-refractivity contribution in [1.29, 1.82) is 0 Å². The molecule has 0 radical (unpaired) electrons. The minimum Gasteiger partial charge on any atom is -0.490 e. The molecule has 2 aliphatic heterocycles. The fraction of sp³-hybridized carbons (Fsp3) is 0.556. The van der Waals surface area contributed by atoms with Gasteiger partial charge in [0.2, 0.25) is 0 Å². The summed E-state index contributed by atoms with van der Waals surface area (Å²) in [6, 6.07) is 3.09. The highest BCUT2D eigenvalue weighted by atomic mass is 79.9. The van der Waals surface area contributed by atoms with Crippen LogP contribution in [0.3, 0.4) is 0 Å². The Bertz CT molecular complexity index is 718. The van der Waals surface area contributed by atoms with Crippen LogP contribution in [0.4, 0.5) is 0 Å². The molecular weight excluding hydrogens is 422 g/mol. The van der Waals surface area contributed by atoms with E-state index in [-0.39, 0.29) is 29.5 Å². The molecule has 0 saturated carbocycles. The van der Waals surface area contributed by atoms with Crippen molar-refractivity contribution < 1.29 is 33.3 Å². The average molecular weight is 444 g/mol. The molecule has 2 heterocycles. The zero-order chi connectivity index (χ0) is 19.4. The number of halogens is 1. The van der Waals surface area contributed by atoms with Gasteiger partial charge in [0.1, 0.15) is 17.9 Å². The molecule has 2 fully saturated rings. The Morgan fingerprint density at radius 2 is 1.93 bits per heavy atom. The summed E-state index contributed by atoms with van der Waals surface area (Å²) in [6.45, 7) is 2.18. The van der Waals surface area contributed by atoms with E-state index in [1.165, 1.54) is 20.3 Å². The Labute approximate surface area is 165 Å². The van der Waals surface area contributed by atoms with Crippen molar-refractivity contribution in [1.82, 2.24) is 5.32 Å². The van der Waals surface area contributed by atoms with E-state index in [1.54, 1.807) is 6.07 Å². The Morgan fingerprint density at radius 3 is 2.59 bits per heavy atom. The molecule has 1 aromatic carbocycles. The van der Waals surface area contributed by atoms with Gasteiger partial charge in [0, 0.05) is 25.4 Å². The predicted octanol–water partition coefficient (Wildman–Crippen LogP) is 1.90. The summed E-state index contributed by atoms with van der Waals surface area (Å²) < 4.78 is 27.6. The zero-order valence-electron chi connectivity index (χ0n) is 15.2. The smallest absolute Gasteiger partial charge is 0.342 e. The third kappa shape index (κ3) is 4.26. The Morgan fingerprint density at radius 1 is 1.22 bits per heavy atom. The van der Waals surface area contributed by atoms with E-state index in [9.17, 15) is 9.59 Å². The summed E-state index contributed by atoms with van der Waals surface area (Å²) in [5, 5.41) is 3.36. The zero-order valence-corrected chi connectivity index (χ0v) is 16.8. The van der Waals surface area contributed by atoms with Crippen molar-refractivity contribution in [2.75, 3.05) is 40.6 Å². The number of hydrogen-bond donors (Lipinski definition) is 1. The lowest BCUT2D eigenvalue weighted by molar-refractivity contribution is -0.181. The second kappa shape index (κ2) is 8.55. The minimum atomic E-state index is -0.678. The number of benzene rings is 1. The standard InChI is InChI=1S/C18H22BrNO7/c1-23-16(21)12-3-4-13(19)15(14(12)17(22)24-2)25-10-11-9-18(5-6-20-11)26-7-8-27-18/h3-4,11,20H,5-10H2,1-2H3/t11-/m1/s1. The Hall–Kier alpha value is -1.68. The van der Waals surface area contributed by atoms with Crippen molar-refractivity contribution >= 4 is 27.9 Å². The Kier molecular flexibility index (Phi) is 6.36. The molecule has 1 spiro atoms. The van der Waals surface area contributed by atoms with Gasteiger partial charge in [-0.2, -0.15) is 0 Å². The molecule has 2 aliphatic rings. The van der Waals surface area contributed by atoms with Crippen LogP contribution in [0.15, 0.2) is 16.6 Å². The van der Waals surface area contributed by atoms with Gasteiger partial charge >= 0.3 is 11.9 Å². The normalized spacial score (nSPS) is 21.1. The van der Waals surface area contributed by atoms with E-state index in [0.717, 1.165) is 13.0 Å². The van der Waals surface area contributed by atoms with Crippen LogP contribution in [0.25, 0.3) is 0 Å². The largest absolute Gasteiger partial charge is 0.490 e. The van der Waals surface area contributed by atoms with Crippen LogP contribution in [0.1, 0.15) is 33.6 Å². The van der Waals surface area contributed by atoms with Gasteiger partial charge < -0.3 is 29.0 Å². The topological polar surface area (TPSA) is 92.3 Å². The number of carbonyl (C=O) groups excluding carboxylic acids is 2. The highest BCUT2D eigenvalue weighted by Crippen LogP contribution is 2.35. The fourth-order valence-electron chi connectivity index (χ4n) is 3.36. The van der Waals surface area contributed by atoms with Gasteiger partial charge in [-0.15, -0.1) is 0 Å². The maximum absolute atomic E-state index is 12.3. The molecule has 9 heteroatoms. The lowest BCUT2D eigenvalue weighted by atomic mass is 9.98. The van der Waals surface area contributed by atoms with Crippen LogP contribution >= 0.6 is 15.9 Å². The first-order valence-electron chi connectivity index (χ1n) is 8.63.